The van der Waals surface area contributed by atoms with Crippen LogP contribution < -0.4 is 0 Å². The molecule has 1 aliphatic rings. The summed E-state index contributed by atoms with van der Waals surface area (Å²) in [6.45, 7) is 7.72. The van der Waals surface area contributed by atoms with Crippen LogP contribution in [0.4, 0.5) is 0 Å². The quantitative estimate of drug-likeness (QED) is 0.606. The Bertz CT molecular complexity index is 163. The smallest absolute Gasteiger partial charge is 0.166 e. The summed E-state index contributed by atoms with van der Waals surface area (Å²) in [4.78, 5) is 0. The molecule has 1 fully saturated rings. The second kappa shape index (κ2) is 4.06. The van der Waals surface area contributed by atoms with Crippen molar-refractivity contribution in [2.75, 3.05) is 13.2 Å². The fourth-order valence-electron chi connectivity index (χ4n) is 1.32. The number of allylic oxidation sites excluding steroid dienone is 2. The van der Waals surface area contributed by atoms with Crippen molar-refractivity contribution in [2.24, 2.45) is 0 Å². The highest BCUT2D eigenvalue weighted by Crippen LogP contribution is 2.24. The van der Waals surface area contributed by atoms with Crippen LogP contribution in [0.15, 0.2) is 11.6 Å². The molecular formula is C10H18O2. The van der Waals surface area contributed by atoms with E-state index in [0.717, 1.165) is 26.1 Å². The third-order valence-corrected chi connectivity index (χ3v) is 2.05. The first kappa shape index (κ1) is 9.75. The van der Waals surface area contributed by atoms with Gasteiger partial charge in [0.25, 0.3) is 0 Å². The molecule has 0 spiro atoms. The van der Waals surface area contributed by atoms with Crippen molar-refractivity contribution >= 4 is 0 Å². The van der Waals surface area contributed by atoms with Gasteiger partial charge in [0, 0.05) is 6.42 Å². The average molecular weight is 170 g/mol. The van der Waals surface area contributed by atoms with Crippen LogP contribution >= 0.6 is 0 Å². The topological polar surface area (TPSA) is 18.5 Å². The largest absolute Gasteiger partial charge is 0.348 e. The van der Waals surface area contributed by atoms with E-state index in [9.17, 15) is 0 Å². The highest BCUT2D eigenvalue weighted by molar-refractivity contribution is 4.93. The molecule has 70 valence electrons. The average Bonchev–Trinajstić information content (AvgIpc) is 2.35. The van der Waals surface area contributed by atoms with Gasteiger partial charge in [0.2, 0.25) is 0 Å². The number of ether oxygens (including phenoxy) is 2. The van der Waals surface area contributed by atoms with E-state index in [1.165, 1.54) is 5.57 Å². The van der Waals surface area contributed by atoms with Crippen LogP contribution in [0.25, 0.3) is 0 Å². The maximum atomic E-state index is 5.47. The SMILES string of the molecule is CC(C)=CCCC1(C)OCCO1. The van der Waals surface area contributed by atoms with Crippen molar-refractivity contribution in [3.8, 4) is 0 Å². The molecule has 0 amide bonds. The van der Waals surface area contributed by atoms with Crippen LogP contribution in [-0.2, 0) is 9.47 Å². The highest BCUT2D eigenvalue weighted by atomic mass is 16.7. The van der Waals surface area contributed by atoms with Crippen molar-refractivity contribution < 1.29 is 9.47 Å². The minimum Gasteiger partial charge on any atom is -0.348 e. The first-order valence-electron chi connectivity index (χ1n) is 4.54. The summed E-state index contributed by atoms with van der Waals surface area (Å²) in [5.74, 6) is -0.314. The first-order chi connectivity index (χ1) is 5.62. The molecule has 0 radical (unpaired) electrons. The maximum Gasteiger partial charge on any atom is 0.166 e. The van der Waals surface area contributed by atoms with E-state index >= 15 is 0 Å². The van der Waals surface area contributed by atoms with Crippen LogP contribution in [0.2, 0.25) is 0 Å². The molecule has 0 bridgehead atoms. The van der Waals surface area contributed by atoms with Gasteiger partial charge in [-0.15, -0.1) is 0 Å². The van der Waals surface area contributed by atoms with Gasteiger partial charge in [-0.3, -0.25) is 0 Å². The predicted molar refractivity (Wildman–Crippen MR) is 49.0 cm³/mol. The van der Waals surface area contributed by atoms with Crippen molar-refractivity contribution in [2.45, 2.75) is 39.4 Å². The van der Waals surface area contributed by atoms with Crippen molar-refractivity contribution in [1.29, 1.82) is 0 Å². The third-order valence-electron chi connectivity index (χ3n) is 2.05. The predicted octanol–water partition coefficient (Wildman–Crippen LogP) is 2.50. The molecule has 0 N–H and O–H groups in total. The number of rotatable bonds is 3. The lowest BCUT2D eigenvalue weighted by molar-refractivity contribution is -0.145. The normalized spacial score (nSPS) is 20.9. The monoisotopic (exact) mass is 170 g/mol. The minimum atomic E-state index is -0.314. The van der Waals surface area contributed by atoms with E-state index < -0.39 is 0 Å². The van der Waals surface area contributed by atoms with Crippen LogP contribution in [-0.4, -0.2) is 19.0 Å². The lowest BCUT2D eigenvalue weighted by atomic mass is 10.1. The second-order valence-electron chi connectivity index (χ2n) is 3.65. The zero-order chi connectivity index (χ0) is 9.03. The third kappa shape index (κ3) is 2.95. The Morgan fingerprint density at radius 3 is 2.42 bits per heavy atom. The van der Waals surface area contributed by atoms with E-state index in [1.807, 2.05) is 6.92 Å². The molecule has 0 aromatic carbocycles. The fourth-order valence-corrected chi connectivity index (χ4v) is 1.32. The first-order valence-corrected chi connectivity index (χ1v) is 4.54. The Morgan fingerprint density at radius 2 is 1.92 bits per heavy atom. The van der Waals surface area contributed by atoms with E-state index in [-0.39, 0.29) is 5.79 Å². The summed E-state index contributed by atoms with van der Waals surface area (Å²) in [7, 11) is 0. The zero-order valence-electron chi connectivity index (χ0n) is 8.22. The molecule has 2 nitrogen and oxygen atoms in total. The van der Waals surface area contributed by atoms with Gasteiger partial charge < -0.3 is 9.47 Å². The van der Waals surface area contributed by atoms with Crippen LogP contribution in [0, 0.1) is 0 Å². The molecule has 12 heavy (non-hydrogen) atoms. The Labute approximate surface area is 74.6 Å². The van der Waals surface area contributed by atoms with E-state index in [4.69, 9.17) is 9.47 Å². The van der Waals surface area contributed by atoms with E-state index in [1.54, 1.807) is 0 Å². The summed E-state index contributed by atoms with van der Waals surface area (Å²) >= 11 is 0. The summed E-state index contributed by atoms with van der Waals surface area (Å²) in [5.41, 5.74) is 1.36. The lowest BCUT2D eigenvalue weighted by Gasteiger charge is -2.21. The Hall–Kier alpha value is -0.340. The summed E-state index contributed by atoms with van der Waals surface area (Å²) in [6, 6.07) is 0. The standard InChI is InChI=1S/C10H18O2/c1-9(2)5-4-6-10(3)11-7-8-12-10/h5H,4,6-8H2,1-3H3. The maximum absolute atomic E-state index is 5.47. The molecule has 0 saturated carbocycles. The zero-order valence-corrected chi connectivity index (χ0v) is 8.22. The molecule has 0 atom stereocenters. The molecule has 1 aliphatic heterocycles. The van der Waals surface area contributed by atoms with Crippen molar-refractivity contribution in [3.05, 3.63) is 11.6 Å². The lowest BCUT2D eigenvalue weighted by Crippen LogP contribution is -2.24. The molecule has 1 heterocycles. The van der Waals surface area contributed by atoms with Crippen LogP contribution in [0.1, 0.15) is 33.6 Å². The number of hydrogen-bond acceptors (Lipinski definition) is 2. The molecule has 0 aromatic heterocycles. The molecule has 0 aromatic rings. The van der Waals surface area contributed by atoms with Gasteiger partial charge in [-0.25, -0.2) is 0 Å². The molecule has 2 heteroatoms. The van der Waals surface area contributed by atoms with Crippen molar-refractivity contribution in [1.82, 2.24) is 0 Å². The molecule has 1 rings (SSSR count). The molecular weight excluding hydrogens is 152 g/mol. The summed E-state index contributed by atoms with van der Waals surface area (Å²) in [6.07, 6.45) is 4.22. The van der Waals surface area contributed by atoms with E-state index in [2.05, 4.69) is 19.9 Å². The number of hydrogen-bond donors (Lipinski definition) is 0. The van der Waals surface area contributed by atoms with Crippen molar-refractivity contribution in [3.63, 3.8) is 0 Å². The van der Waals surface area contributed by atoms with Gasteiger partial charge in [0.05, 0.1) is 13.2 Å². The van der Waals surface area contributed by atoms with Crippen LogP contribution in [0.3, 0.4) is 0 Å². The second-order valence-corrected chi connectivity index (χ2v) is 3.65. The van der Waals surface area contributed by atoms with Crippen LogP contribution in [0.5, 0.6) is 0 Å². The van der Waals surface area contributed by atoms with Gasteiger partial charge in [-0.05, 0) is 27.2 Å². The van der Waals surface area contributed by atoms with E-state index in [0.29, 0.717) is 0 Å². The summed E-state index contributed by atoms with van der Waals surface area (Å²) in [5, 5.41) is 0. The van der Waals surface area contributed by atoms with Gasteiger partial charge in [-0.2, -0.15) is 0 Å². The Balaban J connectivity index is 2.26. The fraction of sp³-hybridized carbons (Fsp3) is 0.800. The van der Waals surface area contributed by atoms with Gasteiger partial charge in [0.1, 0.15) is 0 Å². The molecule has 0 aliphatic carbocycles. The molecule has 1 saturated heterocycles. The Morgan fingerprint density at radius 1 is 1.33 bits per heavy atom. The Kier molecular flexibility index (Phi) is 3.29. The van der Waals surface area contributed by atoms with Gasteiger partial charge in [-0.1, -0.05) is 11.6 Å². The minimum absolute atomic E-state index is 0.314. The highest BCUT2D eigenvalue weighted by Gasteiger charge is 2.29. The van der Waals surface area contributed by atoms with Gasteiger partial charge >= 0.3 is 0 Å². The van der Waals surface area contributed by atoms with Gasteiger partial charge in [0.15, 0.2) is 5.79 Å². The summed E-state index contributed by atoms with van der Waals surface area (Å²) < 4.78 is 10.9. The molecule has 0 unspecified atom stereocenters.